The van der Waals surface area contributed by atoms with Crippen molar-refractivity contribution >= 4 is 0 Å². The number of piperidine rings is 1. The molecule has 0 aromatic carbocycles. The van der Waals surface area contributed by atoms with Gasteiger partial charge in [-0.2, -0.15) is 0 Å². The number of aromatic nitrogens is 1. The van der Waals surface area contributed by atoms with Crippen LogP contribution in [0, 0.1) is 0 Å². The predicted molar refractivity (Wildman–Crippen MR) is 70.9 cm³/mol. The summed E-state index contributed by atoms with van der Waals surface area (Å²) >= 11 is 0. The Bertz CT molecular complexity index is 325. The SMILES string of the molecule is CCN1CCCC(NC(C)c2ccncc2)C1. The van der Waals surface area contributed by atoms with E-state index in [0.717, 1.165) is 0 Å². The third kappa shape index (κ3) is 3.51. The van der Waals surface area contributed by atoms with Gasteiger partial charge in [0.15, 0.2) is 0 Å². The molecule has 1 fully saturated rings. The molecule has 94 valence electrons. The molecule has 17 heavy (non-hydrogen) atoms. The van der Waals surface area contributed by atoms with Crippen molar-refractivity contribution in [1.29, 1.82) is 0 Å². The predicted octanol–water partition coefficient (Wildman–Crippen LogP) is 2.22. The van der Waals surface area contributed by atoms with Gasteiger partial charge in [0.25, 0.3) is 0 Å². The maximum absolute atomic E-state index is 4.06. The zero-order valence-corrected chi connectivity index (χ0v) is 10.9. The van der Waals surface area contributed by atoms with Crippen molar-refractivity contribution in [2.45, 2.75) is 38.8 Å². The minimum atomic E-state index is 0.416. The Morgan fingerprint density at radius 2 is 2.24 bits per heavy atom. The molecule has 0 aliphatic carbocycles. The molecular weight excluding hydrogens is 210 g/mol. The van der Waals surface area contributed by atoms with Crippen LogP contribution in [-0.2, 0) is 0 Å². The van der Waals surface area contributed by atoms with Crippen LogP contribution in [0.25, 0.3) is 0 Å². The van der Waals surface area contributed by atoms with Crippen LogP contribution in [0.1, 0.15) is 38.3 Å². The van der Waals surface area contributed by atoms with Gasteiger partial charge >= 0.3 is 0 Å². The van der Waals surface area contributed by atoms with E-state index in [1.54, 1.807) is 0 Å². The number of pyridine rings is 1. The molecule has 1 N–H and O–H groups in total. The Labute approximate surface area is 104 Å². The lowest BCUT2D eigenvalue weighted by Gasteiger charge is -2.34. The summed E-state index contributed by atoms with van der Waals surface area (Å²) in [6.07, 6.45) is 6.35. The van der Waals surface area contributed by atoms with E-state index >= 15 is 0 Å². The van der Waals surface area contributed by atoms with Gasteiger partial charge in [-0.05, 0) is 50.6 Å². The summed E-state index contributed by atoms with van der Waals surface area (Å²) in [5.41, 5.74) is 1.33. The van der Waals surface area contributed by atoms with Crippen LogP contribution >= 0.6 is 0 Å². The molecule has 3 heteroatoms. The minimum absolute atomic E-state index is 0.416. The van der Waals surface area contributed by atoms with Crippen LogP contribution in [0.3, 0.4) is 0 Å². The molecule has 1 aliphatic rings. The van der Waals surface area contributed by atoms with Crippen LogP contribution < -0.4 is 5.32 Å². The number of nitrogens with zero attached hydrogens (tertiary/aromatic N) is 2. The van der Waals surface area contributed by atoms with E-state index in [9.17, 15) is 0 Å². The van der Waals surface area contributed by atoms with Crippen LogP contribution in [0.15, 0.2) is 24.5 Å². The normalized spacial score (nSPS) is 23.5. The fraction of sp³-hybridized carbons (Fsp3) is 0.643. The van der Waals surface area contributed by atoms with Gasteiger partial charge in [0, 0.05) is 31.0 Å². The van der Waals surface area contributed by atoms with Crippen LogP contribution in [0.5, 0.6) is 0 Å². The number of likely N-dealkylation sites (N-methyl/N-ethyl adjacent to an activating group) is 1. The van der Waals surface area contributed by atoms with E-state index in [1.807, 2.05) is 12.4 Å². The van der Waals surface area contributed by atoms with Gasteiger partial charge in [0.05, 0.1) is 0 Å². The standard InChI is InChI=1S/C14H23N3/c1-3-17-10-4-5-14(11-17)16-12(2)13-6-8-15-9-7-13/h6-9,12,14,16H,3-5,10-11H2,1-2H3. The highest BCUT2D eigenvalue weighted by Crippen LogP contribution is 2.16. The summed E-state index contributed by atoms with van der Waals surface area (Å²) < 4.78 is 0. The number of hydrogen-bond donors (Lipinski definition) is 1. The van der Waals surface area contributed by atoms with Gasteiger partial charge < -0.3 is 10.2 Å². The van der Waals surface area contributed by atoms with Crippen LogP contribution in [-0.4, -0.2) is 35.6 Å². The van der Waals surface area contributed by atoms with Gasteiger partial charge in [0.2, 0.25) is 0 Å². The van der Waals surface area contributed by atoms with Crippen molar-refractivity contribution in [2.75, 3.05) is 19.6 Å². The summed E-state index contributed by atoms with van der Waals surface area (Å²) in [6, 6.07) is 5.24. The number of likely N-dealkylation sites (tertiary alicyclic amines) is 1. The molecule has 1 saturated heterocycles. The van der Waals surface area contributed by atoms with E-state index in [4.69, 9.17) is 0 Å². The summed E-state index contributed by atoms with van der Waals surface area (Å²) in [6.45, 7) is 8.10. The van der Waals surface area contributed by atoms with Gasteiger partial charge in [-0.1, -0.05) is 6.92 Å². The fourth-order valence-electron chi connectivity index (χ4n) is 2.58. The average Bonchev–Trinajstić information content (AvgIpc) is 2.40. The lowest BCUT2D eigenvalue weighted by Crippen LogP contribution is -2.46. The smallest absolute Gasteiger partial charge is 0.0296 e. The van der Waals surface area contributed by atoms with Crippen molar-refractivity contribution in [3.8, 4) is 0 Å². The molecule has 2 rings (SSSR count). The van der Waals surface area contributed by atoms with E-state index in [-0.39, 0.29) is 0 Å². The molecule has 1 aromatic rings. The monoisotopic (exact) mass is 233 g/mol. The second-order valence-corrected chi connectivity index (χ2v) is 4.90. The van der Waals surface area contributed by atoms with Gasteiger partial charge in [-0.25, -0.2) is 0 Å². The maximum Gasteiger partial charge on any atom is 0.0296 e. The first-order valence-electron chi connectivity index (χ1n) is 6.68. The largest absolute Gasteiger partial charge is 0.306 e. The molecule has 2 atom stereocenters. The zero-order chi connectivity index (χ0) is 12.1. The quantitative estimate of drug-likeness (QED) is 0.864. The first-order chi connectivity index (χ1) is 8.29. The summed E-state index contributed by atoms with van der Waals surface area (Å²) in [5, 5.41) is 3.73. The summed E-state index contributed by atoms with van der Waals surface area (Å²) in [5.74, 6) is 0. The lowest BCUT2D eigenvalue weighted by atomic mass is 10.0. The Morgan fingerprint density at radius 1 is 1.47 bits per heavy atom. The molecule has 1 aromatic heterocycles. The summed E-state index contributed by atoms with van der Waals surface area (Å²) in [4.78, 5) is 6.59. The molecule has 2 unspecified atom stereocenters. The average molecular weight is 233 g/mol. The second kappa shape index (κ2) is 6.12. The molecular formula is C14H23N3. The highest BCUT2D eigenvalue weighted by molar-refractivity contribution is 5.14. The molecule has 0 saturated carbocycles. The number of rotatable bonds is 4. The zero-order valence-electron chi connectivity index (χ0n) is 10.9. The first-order valence-corrected chi connectivity index (χ1v) is 6.68. The fourth-order valence-corrected chi connectivity index (χ4v) is 2.58. The van der Waals surface area contributed by atoms with Crippen molar-refractivity contribution in [3.63, 3.8) is 0 Å². The minimum Gasteiger partial charge on any atom is -0.306 e. The third-order valence-corrected chi connectivity index (χ3v) is 3.64. The lowest BCUT2D eigenvalue weighted by molar-refractivity contribution is 0.192. The topological polar surface area (TPSA) is 28.2 Å². The van der Waals surface area contributed by atoms with E-state index in [0.29, 0.717) is 12.1 Å². The van der Waals surface area contributed by atoms with Gasteiger partial charge in [0.1, 0.15) is 0 Å². The molecule has 3 nitrogen and oxygen atoms in total. The number of nitrogens with one attached hydrogen (secondary N) is 1. The Balaban J connectivity index is 1.88. The highest BCUT2D eigenvalue weighted by Gasteiger charge is 2.20. The van der Waals surface area contributed by atoms with Crippen molar-refractivity contribution in [3.05, 3.63) is 30.1 Å². The van der Waals surface area contributed by atoms with Gasteiger partial charge in [-0.15, -0.1) is 0 Å². The summed E-state index contributed by atoms with van der Waals surface area (Å²) in [7, 11) is 0. The van der Waals surface area contributed by atoms with Crippen molar-refractivity contribution in [1.82, 2.24) is 15.2 Å². The van der Waals surface area contributed by atoms with Crippen molar-refractivity contribution < 1.29 is 0 Å². The molecule has 1 aliphatic heterocycles. The molecule has 0 spiro atoms. The maximum atomic E-state index is 4.06. The van der Waals surface area contributed by atoms with Crippen molar-refractivity contribution in [2.24, 2.45) is 0 Å². The molecule has 0 amide bonds. The molecule has 2 heterocycles. The van der Waals surface area contributed by atoms with E-state index < -0.39 is 0 Å². The number of hydrogen-bond acceptors (Lipinski definition) is 3. The van der Waals surface area contributed by atoms with Crippen LogP contribution in [0.2, 0.25) is 0 Å². The second-order valence-electron chi connectivity index (χ2n) is 4.90. The molecule has 0 bridgehead atoms. The Morgan fingerprint density at radius 3 is 2.94 bits per heavy atom. The first kappa shape index (κ1) is 12.5. The van der Waals surface area contributed by atoms with Crippen LogP contribution in [0.4, 0.5) is 0 Å². The third-order valence-electron chi connectivity index (χ3n) is 3.64. The Kier molecular flexibility index (Phi) is 4.51. The van der Waals surface area contributed by atoms with E-state index in [1.165, 1.54) is 38.0 Å². The van der Waals surface area contributed by atoms with E-state index in [2.05, 4.69) is 41.2 Å². The molecule has 0 radical (unpaired) electrons. The van der Waals surface area contributed by atoms with Gasteiger partial charge in [-0.3, -0.25) is 4.98 Å². The highest BCUT2D eigenvalue weighted by atomic mass is 15.2. The Hall–Kier alpha value is -0.930.